The number of sulfonamides is 1. The van der Waals surface area contributed by atoms with E-state index in [1.807, 2.05) is 13.0 Å². The second-order valence-electron chi connectivity index (χ2n) is 4.36. The lowest BCUT2D eigenvalue weighted by Gasteiger charge is -2.31. The molecular weight excluding hydrogens is 250 g/mol. The standard InChI is InChI=1S/C12H15N3O2S/c1-10-9-15(6-5-14-10)18(16,17)12-4-2-3-11(7-12)8-13/h2-4,7,10,14H,5-6,9H2,1H3. The third-order valence-electron chi connectivity index (χ3n) is 2.93. The minimum Gasteiger partial charge on any atom is -0.312 e. The summed E-state index contributed by atoms with van der Waals surface area (Å²) in [6.07, 6.45) is 0. The van der Waals surface area contributed by atoms with E-state index in [2.05, 4.69) is 5.32 Å². The lowest BCUT2D eigenvalue weighted by molar-refractivity contribution is 0.310. The molecule has 18 heavy (non-hydrogen) atoms. The van der Waals surface area contributed by atoms with Crippen LogP contribution in [-0.2, 0) is 10.0 Å². The van der Waals surface area contributed by atoms with Crippen LogP contribution in [0.25, 0.3) is 0 Å². The van der Waals surface area contributed by atoms with Gasteiger partial charge in [0, 0.05) is 25.7 Å². The molecule has 0 spiro atoms. The number of nitrogens with zero attached hydrogens (tertiary/aromatic N) is 2. The minimum atomic E-state index is -3.49. The van der Waals surface area contributed by atoms with Gasteiger partial charge in [-0.05, 0) is 25.1 Å². The summed E-state index contributed by atoms with van der Waals surface area (Å²) in [7, 11) is -3.49. The van der Waals surface area contributed by atoms with Gasteiger partial charge in [-0.15, -0.1) is 0 Å². The molecule has 1 N–H and O–H groups in total. The molecule has 1 aliphatic heterocycles. The number of benzene rings is 1. The smallest absolute Gasteiger partial charge is 0.243 e. The highest BCUT2D eigenvalue weighted by Crippen LogP contribution is 2.18. The summed E-state index contributed by atoms with van der Waals surface area (Å²) < 4.78 is 26.2. The Morgan fingerprint density at radius 1 is 1.50 bits per heavy atom. The van der Waals surface area contributed by atoms with Crippen molar-refractivity contribution in [3.8, 4) is 6.07 Å². The van der Waals surface area contributed by atoms with Crippen LogP contribution >= 0.6 is 0 Å². The van der Waals surface area contributed by atoms with E-state index in [1.54, 1.807) is 12.1 Å². The number of hydrogen-bond acceptors (Lipinski definition) is 4. The fourth-order valence-electron chi connectivity index (χ4n) is 1.99. The third-order valence-corrected chi connectivity index (χ3v) is 4.79. The van der Waals surface area contributed by atoms with Gasteiger partial charge in [-0.2, -0.15) is 9.57 Å². The maximum absolute atomic E-state index is 12.4. The SMILES string of the molecule is CC1CN(S(=O)(=O)c2cccc(C#N)c2)CCN1. The summed E-state index contributed by atoms with van der Waals surface area (Å²) in [6.45, 7) is 3.52. The Balaban J connectivity index is 2.33. The fraction of sp³-hybridized carbons (Fsp3) is 0.417. The first-order valence-electron chi connectivity index (χ1n) is 5.78. The molecule has 0 aromatic heterocycles. The van der Waals surface area contributed by atoms with E-state index < -0.39 is 10.0 Å². The van der Waals surface area contributed by atoms with Gasteiger partial charge in [-0.1, -0.05) is 6.07 Å². The van der Waals surface area contributed by atoms with Crippen LogP contribution in [0, 0.1) is 11.3 Å². The molecule has 1 aliphatic rings. The van der Waals surface area contributed by atoms with E-state index in [0.29, 0.717) is 25.2 Å². The summed E-state index contributed by atoms with van der Waals surface area (Å²) in [5, 5.41) is 12.0. The first kappa shape index (κ1) is 13.0. The number of nitriles is 1. The van der Waals surface area contributed by atoms with Crippen molar-refractivity contribution < 1.29 is 8.42 Å². The van der Waals surface area contributed by atoms with Crippen molar-refractivity contribution in [2.24, 2.45) is 0 Å². The summed E-state index contributed by atoms with van der Waals surface area (Å²) in [5.74, 6) is 0. The zero-order valence-corrected chi connectivity index (χ0v) is 10.9. The van der Waals surface area contributed by atoms with Gasteiger partial charge in [-0.3, -0.25) is 0 Å². The molecule has 0 bridgehead atoms. The Morgan fingerprint density at radius 2 is 2.28 bits per heavy atom. The maximum Gasteiger partial charge on any atom is 0.243 e. The van der Waals surface area contributed by atoms with Crippen molar-refractivity contribution in [3.05, 3.63) is 29.8 Å². The Kier molecular flexibility index (Phi) is 3.66. The number of hydrogen-bond donors (Lipinski definition) is 1. The van der Waals surface area contributed by atoms with Crippen molar-refractivity contribution in [2.45, 2.75) is 17.9 Å². The normalized spacial score (nSPS) is 21.4. The van der Waals surface area contributed by atoms with Crippen LogP contribution in [0.15, 0.2) is 29.2 Å². The van der Waals surface area contributed by atoms with Gasteiger partial charge in [0.05, 0.1) is 16.5 Å². The molecule has 96 valence electrons. The molecule has 2 rings (SSSR count). The molecule has 1 unspecified atom stereocenters. The van der Waals surface area contributed by atoms with E-state index in [1.165, 1.54) is 16.4 Å². The van der Waals surface area contributed by atoms with Gasteiger partial charge in [0.1, 0.15) is 0 Å². The highest BCUT2D eigenvalue weighted by Gasteiger charge is 2.28. The van der Waals surface area contributed by atoms with Crippen molar-refractivity contribution in [1.82, 2.24) is 9.62 Å². The summed E-state index contributed by atoms with van der Waals surface area (Å²) in [4.78, 5) is 0.190. The predicted octanol–water partition coefficient (Wildman–Crippen LogP) is 0.541. The summed E-state index contributed by atoms with van der Waals surface area (Å²) in [5.41, 5.74) is 0.360. The molecule has 0 amide bonds. The van der Waals surface area contributed by atoms with E-state index >= 15 is 0 Å². The van der Waals surface area contributed by atoms with Gasteiger partial charge < -0.3 is 5.32 Å². The molecule has 5 nitrogen and oxygen atoms in total. The van der Waals surface area contributed by atoms with Crippen LogP contribution in [0.1, 0.15) is 12.5 Å². The Bertz CT molecular complexity index is 577. The zero-order valence-electron chi connectivity index (χ0n) is 10.1. The second kappa shape index (κ2) is 5.06. The lowest BCUT2D eigenvalue weighted by atomic mass is 10.2. The molecule has 1 aromatic carbocycles. The van der Waals surface area contributed by atoms with Crippen LogP contribution in [-0.4, -0.2) is 38.4 Å². The van der Waals surface area contributed by atoms with Crippen molar-refractivity contribution in [3.63, 3.8) is 0 Å². The fourth-order valence-corrected chi connectivity index (χ4v) is 3.57. The molecule has 0 aliphatic carbocycles. The highest BCUT2D eigenvalue weighted by molar-refractivity contribution is 7.89. The van der Waals surface area contributed by atoms with Gasteiger partial charge in [-0.25, -0.2) is 8.42 Å². The molecule has 1 aromatic rings. The zero-order chi connectivity index (χ0) is 13.2. The monoisotopic (exact) mass is 265 g/mol. The molecule has 1 fully saturated rings. The maximum atomic E-state index is 12.4. The summed E-state index contributed by atoms with van der Waals surface area (Å²) >= 11 is 0. The molecule has 1 atom stereocenters. The number of rotatable bonds is 2. The number of piperazine rings is 1. The van der Waals surface area contributed by atoms with Crippen LogP contribution < -0.4 is 5.32 Å². The van der Waals surface area contributed by atoms with Crippen LogP contribution in [0.5, 0.6) is 0 Å². The largest absolute Gasteiger partial charge is 0.312 e. The van der Waals surface area contributed by atoms with Crippen molar-refractivity contribution >= 4 is 10.0 Å². The average Bonchev–Trinajstić information content (AvgIpc) is 2.39. The Labute approximate surface area is 107 Å². The Morgan fingerprint density at radius 3 is 2.94 bits per heavy atom. The van der Waals surface area contributed by atoms with E-state index in [9.17, 15) is 8.42 Å². The van der Waals surface area contributed by atoms with Crippen LogP contribution in [0.4, 0.5) is 0 Å². The molecule has 6 heteroatoms. The van der Waals surface area contributed by atoms with E-state index in [-0.39, 0.29) is 10.9 Å². The first-order valence-corrected chi connectivity index (χ1v) is 7.22. The summed E-state index contributed by atoms with van der Waals surface area (Å²) in [6, 6.07) is 8.24. The van der Waals surface area contributed by atoms with Crippen molar-refractivity contribution in [2.75, 3.05) is 19.6 Å². The predicted molar refractivity (Wildman–Crippen MR) is 67.4 cm³/mol. The molecule has 0 saturated carbocycles. The first-order chi connectivity index (χ1) is 8.54. The van der Waals surface area contributed by atoms with E-state index in [4.69, 9.17) is 5.26 Å². The topological polar surface area (TPSA) is 73.2 Å². The highest BCUT2D eigenvalue weighted by atomic mass is 32.2. The van der Waals surface area contributed by atoms with Gasteiger partial charge in [0.2, 0.25) is 10.0 Å². The molecule has 1 saturated heterocycles. The molecule has 1 heterocycles. The second-order valence-corrected chi connectivity index (χ2v) is 6.30. The van der Waals surface area contributed by atoms with E-state index in [0.717, 1.165) is 0 Å². The quantitative estimate of drug-likeness (QED) is 0.847. The minimum absolute atomic E-state index is 0.146. The number of nitrogens with one attached hydrogen (secondary N) is 1. The third kappa shape index (κ3) is 2.53. The lowest BCUT2D eigenvalue weighted by Crippen LogP contribution is -2.51. The Hall–Kier alpha value is -1.42. The van der Waals surface area contributed by atoms with Crippen molar-refractivity contribution in [1.29, 1.82) is 5.26 Å². The molecule has 0 radical (unpaired) electrons. The van der Waals surface area contributed by atoms with Gasteiger partial charge in [0.25, 0.3) is 0 Å². The van der Waals surface area contributed by atoms with Crippen LogP contribution in [0.3, 0.4) is 0 Å². The van der Waals surface area contributed by atoms with Crippen LogP contribution in [0.2, 0.25) is 0 Å². The van der Waals surface area contributed by atoms with Gasteiger partial charge in [0.15, 0.2) is 0 Å². The average molecular weight is 265 g/mol. The molecular formula is C12H15N3O2S. The van der Waals surface area contributed by atoms with Gasteiger partial charge >= 0.3 is 0 Å².